The molecular formula is C18H15NO3S. The van der Waals surface area contributed by atoms with E-state index in [1.165, 1.54) is 12.1 Å². The van der Waals surface area contributed by atoms with Crippen molar-refractivity contribution in [3.05, 3.63) is 65.7 Å². The molecule has 4 nitrogen and oxygen atoms in total. The summed E-state index contributed by atoms with van der Waals surface area (Å²) in [6.45, 7) is 1.92. The van der Waals surface area contributed by atoms with E-state index in [2.05, 4.69) is 0 Å². The van der Waals surface area contributed by atoms with Crippen LogP contribution < -0.4 is 0 Å². The number of aryl methyl sites for hydroxylation is 1. The van der Waals surface area contributed by atoms with Gasteiger partial charge in [-0.05, 0) is 24.6 Å². The summed E-state index contributed by atoms with van der Waals surface area (Å²) in [6, 6.07) is 17.2. The number of hydrogen-bond acceptors (Lipinski definition) is 4. The van der Waals surface area contributed by atoms with Crippen LogP contribution in [0.15, 0.2) is 59.5 Å². The molecule has 2 aromatic rings. The molecule has 3 atom stereocenters. The lowest BCUT2D eigenvalue weighted by Gasteiger charge is -2.04. The minimum atomic E-state index is -3.76. The van der Waals surface area contributed by atoms with Crippen molar-refractivity contribution in [3.63, 3.8) is 0 Å². The summed E-state index contributed by atoms with van der Waals surface area (Å²) >= 11 is 0. The van der Waals surface area contributed by atoms with Gasteiger partial charge in [0.05, 0.1) is 11.0 Å². The molecule has 0 radical (unpaired) electrons. The van der Waals surface area contributed by atoms with Gasteiger partial charge in [0.25, 0.3) is 0 Å². The third-order valence-electron chi connectivity index (χ3n) is 4.41. The van der Waals surface area contributed by atoms with E-state index in [9.17, 15) is 18.5 Å². The average Bonchev–Trinajstić information content (AvgIpc) is 3.27. The Balaban J connectivity index is 2.09. The molecule has 116 valence electrons. The summed E-state index contributed by atoms with van der Waals surface area (Å²) in [6.07, 6.45) is 0.489. The monoisotopic (exact) mass is 325 g/mol. The Morgan fingerprint density at radius 1 is 1.09 bits per heavy atom. The standard InChI is InChI=1S/C18H15NO3S/c1-13-7-9-14(10-8-13)16-17(18(16,11-19)12-20)23(21,22)15-5-3-2-4-6-15/h2-10,12,16-17H,1H3/t16-,17-,18-/m1/s1. The molecule has 1 saturated carbocycles. The Labute approximate surface area is 135 Å². The van der Waals surface area contributed by atoms with E-state index in [1.807, 2.05) is 25.1 Å². The highest BCUT2D eigenvalue weighted by atomic mass is 32.2. The summed E-state index contributed by atoms with van der Waals surface area (Å²) in [7, 11) is -3.76. The second-order valence-electron chi connectivity index (χ2n) is 5.83. The lowest BCUT2D eigenvalue weighted by molar-refractivity contribution is -0.110. The fraction of sp³-hybridized carbons (Fsp3) is 0.222. The Kier molecular flexibility index (Phi) is 3.57. The van der Waals surface area contributed by atoms with Gasteiger partial charge in [0, 0.05) is 5.92 Å². The summed E-state index contributed by atoms with van der Waals surface area (Å²) in [5.41, 5.74) is 0.225. The smallest absolute Gasteiger partial charge is 0.183 e. The molecule has 3 rings (SSSR count). The summed E-state index contributed by atoms with van der Waals surface area (Å²) in [4.78, 5) is 11.7. The van der Waals surface area contributed by atoms with Gasteiger partial charge in [0.15, 0.2) is 9.84 Å². The van der Waals surface area contributed by atoms with Gasteiger partial charge in [0.2, 0.25) is 0 Å². The number of aldehydes is 1. The zero-order valence-corrected chi connectivity index (χ0v) is 13.3. The van der Waals surface area contributed by atoms with Gasteiger partial charge in [-0.15, -0.1) is 0 Å². The van der Waals surface area contributed by atoms with Gasteiger partial charge in [-0.2, -0.15) is 5.26 Å². The maximum atomic E-state index is 12.9. The van der Waals surface area contributed by atoms with Crippen LogP contribution in [0.25, 0.3) is 0 Å². The zero-order chi connectivity index (χ0) is 16.7. The van der Waals surface area contributed by atoms with Crippen molar-refractivity contribution in [1.82, 2.24) is 0 Å². The quantitative estimate of drug-likeness (QED) is 0.810. The molecule has 0 saturated heterocycles. The Bertz CT molecular complexity index is 882. The topological polar surface area (TPSA) is 75.0 Å². The van der Waals surface area contributed by atoms with Crippen LogP contribution >= 0.6 is 0 Å². The van der Waals surface area contributed by atoms with E-state index in [-0.39, 0.29) is 4.90 Å². The lowest BCUT2D eigenvalue weighted by Crippen LogP contribution is -2.16. The molecule has 2 aromatic carbocycles. The molecule has 0 bridgehead atoms. The van der Waals surface area contributed by atoms with Crippen LogP contribution in [0.1, 0.15) is 17.0 Å². The lowest BCUT2D eigenvalue weighted by atomic mass is 10.0. The van der Waals surface area contributed by atoms with Gasteiger partial charge < -0.3 is 4.79 Å². The Morgan fingerprint density at radius 2 is 1.70 bits per heavy atom. The number of nitrogens with zero attached hydrogens (tertiary/aromatic N) is 1. The van der Waals surface area contributed by atoms with Crippen LogP contribution in [0, 0.1) is 23.7 Å². The molecule has 23 heavy (non-hydrogen) atoms. The molecule has 1 aliphatic carbocycles. The molecule has 0 spiro atoms. The normalized spacial score (nSPS) is 26.3. The molecule has 1 aliphatic rings. The van der Waals surface area contributed by atoms with E-state index in [0.29, 0.717) is 11.8 Å². The number of carbonyl (C=O) groups is 1. The molecule has 0 unspecified atom stereocenters. The predicted molar refractivity (Wildman–Crippen MR) is 85.4 cm³/mol. The average molecular weight is 325 g/mol. The third-order valence-corrected chi connectivity index (χ3v) is 6.67. The highest BCUT2D eigenvalue weighted by Gasteiger charge is 2.72. The fourth-order valence-electron chi connectivity index (χ4n) is 3.09. The second-order valence-corrected chi connectivity index (χ2v) is 7.90. The minimum Gasteiger partial charge on any atom is -0.302 e. The van der Waals surface area contributed by atoms with Gasteiger partial charge in [0.1, 0.15) is 17.0 Å². The fourth-order valence-corrected chi connectivity index (χ4v) is 5.35. The van der Waals surface area contributed by atoms with Crippen molar-refractivity contribution in [2.45, 2.75) is 23.0 Å². The zero-order valence-electron chi connectivity index (χ0n) is 12.5. The number of hydrogen-bond donors (Lipinski definition) is 0. The Hall–Kier alpha value is -2.45. The van der Waals surface area contributed by atoms with Crippen molar-refractivity contribution in [1.29, 1.82) is 5.26 Å². The molecule has 5 heteroatoms. The molecule has 0 heterocycles. The molecule has 0 aromatic heterocycles. The summed E-state index contributed by atoms with van der Waals surface area (Å²) in [5.74, 6) is -0.629. The highest BCUT2D eigenvalue weighted by Crippen LogP contribution is 2.62. The second kappa shape index (κ2) is 5.32. The van der Waals surface area contributed by atoms with Crippen LogP contribution in [-0.2, 0) is 14.6 Å². The number of nitriles is 1. The van der Waals surface area contributed by atoms with Gasteiger partial charge in [-0.25, -0.2) is 8.42 Å². The Morgan fingerprint density at radius 3 is 2.22 bits per heavy atom. The van der Waals surface area contributed by atoms with Crippen LogP contribution in [0.3, 0.4) is 0 Å². The predicted octanol–water partition coefficient (Wildman–Crippen LogP) is 2.64. The molecule has 1 fully saturated rings. The third kappa shape index (κ3) is 2.27. The van der Waals surface area contributed by atoms with Crippen molar-refractivity contribution in [3.8, 4) is 6.07 Å². The van der Waals surface area contributed by atoms with Crippen LogP contribution in [0.5, 0.6) is 0 Å². The van der Waals surface area contributed by atoms with Crippen molar-refractivity contribution >= 4 is 16.1 Å². The number of rotatable bonds is 4. The van der Waals surface area contributed by atoms with Gasteiger partial charge in [-0.1, -0.05) is 48.0 Å². The number of benzene rings is 2. The van der Waals surface area contributed by atoms with Crippen LogP contribution in [0.2, 0.25) is 0 Å². The first-order valence-electron chi connectivity index (χ1n) is 7.20. The summed E-state index contributed by atoms with van der Waals surface area (Å²) in [5, 5.41) is 8.44. The van der Waals surface area contributed by atoms with E-state index < -0.39 is 26.4 Å². The van der Waals surface area contributed by atoms with Crippen LogP contribution in [0.4, 0.5) is 0 Å². The number of carbonyl (C=O) groups excluding carboxylic acids is 1. The van der Waals surface area contributed by atoms with E-state index in [1.54, 1.807) is 30.3 Å². The number of sulfone groups is 1. The van der Waals surface area contributed by atoms with E-state index >= 15 is 0 Å². The maximum absolute atomic E-state index is 12.9. The van der Waals surface area contributed by atoms with E-state index in [4.69, 9.17) is 0 Å². The molecule has 0 N–H and O–H groups in total. The SMILES string of the molecule is Cc1ccc([C@@H]2[C@@H](S(=O)(=O)c3ccccc3)[C@]2(C#N)C=O)cc1. The molecule has 0 aliphatic heterocycles. The van der Waals surface area contributed by atoms with Gasteiger partial charge >= 0.3 is 0 Å². The van der Waals surface area contributed by atoms with E-state index in [0.717, 1.165) is 5.56 Å². The summed E-state index contributed by atoms with van der Waals surface area (Å²) < 4.78 is 25.7. The van der Waals surface area contributed by atoms with Crippen molar-refractivity contribution < 1.29 is 13.2 Å². The van der Waals surface area contributed by atoms with Crippen molar-refractivity contribution in [2.24, 2.45) is 5.41 Å². The minimum absolute atomic E-state index is 0.140. The highest BCUT2D eigenvalue weighted by molar-refractivity contribution is 7.92. The van der Waals surface area contributed by atoms with Gasteiger partial charge in [-0.3, -0.25) is 0 Å². The first-order valence-corrected chi connectivity index (χ1v) is 8.75. The van der Waals surface area contributed by atoms with Crippen molar-refractivity contribution in [2.75, 3.05) is 0 Å². The maximum Gasteiger partial charge on any atom is 0.183 e. The molecular weight excluding hydrogens is 310 g/mol. The van der Waals surface area contributed by atoms with Crippen LogP contribution in [-0.4, -0.2) is 20.0 Å². The first kappa shape index (κ1) is 15.4. The molecule has 0 amide bonds. The first-order chi connectivity index (χ1) is 11.0. The largest absolute Gasteiger partial charge is 0.302 e.